The van der Waals surface area contributed by atoms with Crippen LogP contribution in [0.25, 0.3) is 0 Å². The molecule has 0 aliphatic carbocycles. The second kappa shape index (κ2) is 13.0. The number of aliphatic hydroxyl groups excluding tert-OH is 1. The number of aliphatic hydroxyl groups is 1. The monoisotopic (exact) mass is 575 g/mol. The van der Waals surface area contributed by atoms with Crippen LogP contribution in [0.1, 0.15) is 160 Å². The smallest absolute Gasteiger partial charge is 0.0521 e. The molecule has 1 N–H and O–H groups in total. The first-order valence-electron chi connectivity index (χ1n) is 16.1. The maximum Gasteiger partial charge on any atom is 0.0521 e. The van der Waals surface area contributed by atoms with E-state index in [9.17, 15) is 0 Å². The third kappa shape index (κ3) is 8.78. The number of hydrogen-bond donors (Lipinski definition) is 1. The van der Waals surface area contributed by atoms with Gasteiger partial charge in [0, 0.05) is 5.75 Å². The minimum absolute atomic E-state index is 0.00556. The van der Waals surface area contributed by atoms with Crippen LogP contribution < -0.4 is 0 Å². The van der Waals surface area contributed by atoms with Gasteiger partial charge in [0.25, 0.3) is 0 Å². The van der Waals surface area contributed by atoms with Gasteiger partial charge in [-0.3, -0.25) is 0 Å². The van der Waals surface area contributed by atoms with Crippen LogP contribution >= 0.6 is 11.8 Å². The molecule has 0 amide bonds. The van der Waals surface area contributed by atoms with Crippen molar-refractivity contribution in [2.75, 3.05) is 18.1 Å². The molecule has 0 heterocycles. The molecule has 0 fully saturated rings. The van der Waals surface area contributed by atoms with E-state index >= 15 is 0 Å². The van der Waals surface area contributed by atoms with Gasteiger partial charge in [-0.2, -0.15) is 11.8 Å². The molecular formula is C38H70OS. The Bertz CT molecular complexity index is 937. The Labute approximate surface area is 256 Å². The minimum atomic E-state index is 0.00556. The maximum absolute atomic E-state index is 9.13. The zero-order chi connectivity index (χ0) is 31.6. The van der Waals surface area contributed by atoms with Crippen LogP contribution in [0, 0.1) is 27.6 Å². The lowest BCUT2D eigenvalue weighted by Crippen LogP contribution is -2.44. The van der Waals surface area contributed by atoms with Gasteiger partial charge in [-0.1, -0.05) is 136 Å². The molecule has 1 rings (SSSR count). The minimum Gasteiger partial charge on any atom is -0.396 e. The van der Waals surface area contributed by atoms with Crippen molar-refractivity contribution in [2.45, 2.75) is 160 Å². The van der Waals surface area contributed by atoms with Crippen molar-refractivity contribution in [3.05, 3.63) is 34.9 Å². The fraction of sp³-hybridized carbons (Fsp3) is 0.842. The van der Waals surface area contributed by atoms with Crippen LogP contribution in [0.4, 0.5) is 0 Å². The second-order valence-corrected chi connectivity index (χ2v) is 19.3. The average molecular weight is 575 g/mol. The summed E-state index contributed by atoms with van der Waals surface area (Å²) in [6.07, 6.45) is 4.81. The molecule has 2 heteroatoms. The summed E-state index contributed by atoms with van der Waals surface area (Å²) >= 11 is 1.88. The van der Waals surface area contributed by atoms with Crippen molar-refractivity contribution < 1.29 is 5.11 Å². The van der Waals surface area contributed by atoms with E-state index < -0.39 is 0 Å². The van der Waals surface area contributed by atoms with E-state index in [2.05, 4.69) is 136 Å². The molecule has 1 aromatic rings. The number of rotatable bonds is 15. The van der Waals surface area contributed by atoms with Gasteiger partial charge in [-0.05, 0) is 91.9 Å². The summed E-state index contributed by atoms with van der Waals surface area (Å²) < 4.78 is 0. The topological polar surface area (TPSA) is 20.2 Å². The summed E-state index contributed by atoms with van der Waals surface area (Å²) in [5, 5.41) is 9.13. The number of thioether (sulfide) groups is 1. The normalized spacial score (nSPS) is 14.8. The number of benzene rings is 1. The Morgan fingerprint density at radius 1 is 0.600 bits per heavy atom. The highest BCUT2D eigenvalue weighted by atomic mass is 32.2. The van der Waals surface area contributed by atoms with Crippen molar-refractivity contribution in [3.63, 3.8) is 0 Å². The van der Waals surface area contributed by atoms with E-state index in [0.717, 1.165) is 11.5 Å². The van der Waals surface area contributed by atoms with Crippen LogP contribution in [0.3, 0.4) is 0 Å². The molecular weight excluding hydrogens is 504 g/mol. The van der Waals surface area contributed by atoms with E-state index in [1.54, 1.807) is 0 Å². The third-order valence-electron chi connectivity index (χ3n) is 11.6. The van der Waals surface area contributed by atoms with Gasteiger partial charge >= 0.3 is 0 Å². The maximum atomic E-state index is 9.13. The van der Waals surface area contributed by atoms with Gasteiger partial charge in [0.1, 0.15) is 0 Å². The van der Waals surface area contributed by atoms with Gasteiger partial charge in [-0.25, -0.2) is 0 Å². The Hall–Kier alpha value is -0.470. The molecule has 0 saturated carbocycles. The van der Waals surface area contributed by atoms with Crippen molar-refractivity contribution in [3.8, 4) is 0 Å². The van der Waals surface area contributed by atoms with E-state index in [1.807, 2.05) is 11.8 Å². The lowest BCUT2D eigenvalue weighted by atomic mass is 9.53. The second-order valence-electron chi connectivity index (χ2n) is 18.0. The lowest BCUT2D eigenvalue weighted by Gasteiger charge is -2.52. The molecule has 0 bridgehead atoms. The van der Waals surface area contributed by atoms with Crippen LogP contribution in [0.2, 0.25) is 0 Å². The molecule has 40 heavy (non-hydrogen) atoms. The Kier molecular flexibility index (Phi) is 12.2. The van der Waals surface area contributed by atoms with Crippen molar-refractivity contribution in [1.29, 1.82) is 0 Å². The fourth-order valence-corrected chi connectivity index (χ4v) is 7.21. The van der Waals surface area contributed by atoms with Gasteiger partial charge in [0.2, 0.25) is 0 Å². The van der Waals surface area contributed by atoms with Crippen LogP contribution in [0.15, 0.2) is 18.2 Å². The predicted octanol–water partition coefficient (Wildman–Crippen LogP) is 11.6. The lowest BCUT2D eigenvalue weighted by molar-refractivity contribution is 0.0169. The first-order valence-corrected chi connectivity index (χ1v) is 17.3. The van der Waals surface area contributed by atoms with Crippen molar-refractivity contribution in [1.82, 2.24) is 0 Å². The average Bonchev–Trinajstić information content (AvgIpc) is 2.76. The van der Waals surface area contributed by atoms with Crippen molar-refractivity contribution >= 4 is 11.8 Å². The highest BCUT2D eigenvalue weighted by Crippen LogP contribution is 2.55. The Morgan fingerprint density at radius 2 is 1.05 bits per heavy atom. The molecule has 0 unspecified atom stereocenters. The summed E-state index contributed by atoms with van der Waals surface area (Å²) in [4.78, 5) is 0. The summed E-state index contributed by atoms with van der Waals surface area (Å²) in [6.45, 7) is 42.0. The van der Waals surface area contributed by atoms with E-state index in [0.29, 0.717) is 5.92 Å². The van der Waals surface area contributed by atoms with Gasteiger partial charge in [0.15, 0.2) is 0 Å². The predicted molar refractivity (Wildman–Crippen MR) is 184 cm³/mol. The molecule has 0 aromatic heterocycles. The summed E-state index contributed by atoms with van der Waals surface area (Å²) in [5.74, 6) is 2.67. The SMILES string of the molecule is CC(C)CC(C)(C)C(C)(C)c1cc(C(C)(C)C)cc(C(C)(C)C(C)(C)CC(C)(C)C(C)(C)CCCSCCO)c1. The van der Waals surface area contributed by atoms with Crippen LogP contribution in [0.5, 0.6) is 0 Å². The first-order chi connectivity index (χ1) is 17.7. The molecule has 0 aliphatic heterocycles. The zero-order valence-corrected chi connectivity index (χ0v) is 30.9. The molecule has 1 aromatic carbocycles. The fourth-order valence-electron chi connectivity index (χ4n) is 6.53. The standard InChI is InChI=1S/C38H70OS/c1-28(2)26-34(8,9)37(14,15)30-23-29(32(3,4)5)24-31(25-30)38(16,17)36(12,13)27-35(10,11)33(6,7)19-18-21-40-22-20-39/h23-25,28,39H,18-22,26-27H2,1-17H3. The quantitative estimate of drug-likeness (QED) is 0.210. The molecule has 234 valence electrons. The molecule has 0 atom stereocenters. The van der Waals surface area contributed by atoms with Gasteiger partial charge in [-0.15, -0.1) is 0 Å². The van der Waals surface area contributed by atoms with Crippen LogP contribution in [-0.4, -0.2) is 23.2 Å². The Balaban J connectivity index is 3.54. The highest BCUT2D eigenvalue weighted by molar-refractivity contribution is 7.99. The number of hydrogen-bond acceptors (Lipinski definition) is 2. The van der Waals surface area contributed by atoms with Gasteiger partial charge in [0.05, 0.1) is 6.61 Å². The molecule has 0 radical (unpaired) electrons. The third-order valence-corrected chi connectivity index (χ3v) is 12.6. The summed E-state index contributed by atoms with van der Waals surface area (Å²) in [7, 11) is 0. The van der Waals surface area contributed by atoms with E-state index in [1.165, 1.54) is 42.4 Å². The molecule has 1 nitrogen and oxygen atoms in total. The first kappa shape index (κ1) is 37.6. The highest BCUT2D eigenvalue weighted by Gasteiger charge is 2.47. The summed E-state index contributed by atoms with van der Waals surface area (Å²) in [5.41, 5.74) is 5.32. The molecule has 0 aliphatic rings. The van der Waals surface area contributed by atoms with E-state index in [-0.39, 0.29) is 44.5 Å². The van der Waals surface area contributed by atoms with Gasteiger partial charge < -0.3 is 5.11 Å². The van der Waals surface area contributed by atoms with E-state index in [4.69, 9.17) is 5.11 Å². The van der Waals surface area contributed by atoms with Crippen molar-refractivity contribution in [2.24, 2.45) is 27.6 Å². The molecule has 0 spiro atoms. The summed E-state index contributed by atoms with van der Waals surface area (Å²) in [6, 6.07) is 7.64. The molecule has 0 saturated heterocycles. The Morgan fingerprint density at radius 3 is 1.48 bits per heavy atom. The zero-order valence-electron chi connectivity index (χ0n) is 30.1. The van der Waals surface area contributed by atoms with Crippen LogP contribution in [-0.2, 0) is 16.2 Å². The largest absolute Gasteiger partial charge is 0.396 e.